The molecule has 0 saturated heterocycles. The SMILES string of the molecule is CCCC1(CNC(=O)C(CCC)(CCC)C(N)=NO)CC1. The van der Waals surface area contributed by atoms with Gasteiger partial charge in [-0.1, -0.05) is 45.2 Å². The lowest BCUT2D eigenvalue weighted by Gasteiger charge is -2.31. The lowest BCUT2D eigenvalue weighted by molar-refractivity contribution is -0.128. The van der Waals surface area contributed by atoms with E-state index in [4.69, 9.17) is 10.9 Å². The Hall–Kier alpha value is -1.26. The van der Waals surface area contributed by atoms with Crippen molar-refractivity contribution in [2.24, 2.45) is 21.7 Å². The van der Waals surface area contributed by atoms with Crippen molar-refractivity contribution in [3.05, 3.63) is 0 Å². The van der Waals surface area contributed by atoms with Crippen molar-refractivity contribution in [1.29, 1.82) is 0 Å². The number of rotatable bonds is 10. The van der Waals surface area contributed by atoms with E-state index in [0.717, 1.165) is 25.7 Å². The first-order chi connectivity index (χ1) is 10.00. The summed E-state index contributed by atoms with van der Waals surface area (Å²) in [6.07, 6.45) is 7.56. The zero-order chi connectivity index (χ0) is 15.9. The van der Waals surface area contributed by atoms with Crippen LogP contribution in [0.15, 0.2) is 5.16 Å². The molecule has 4 N–H and O–H groups in total. The average molecular weight is 297 g/mol. The van der Waals surface area contributed by atoms with E-state index in [0.29, 0.717) is 24.8 Å². The predicted octanol–water partition coefficient (Wildman–Crippen LogP) is 3.02. The van der Waals surface area contributed by atoms with Crippen LogP contribution in [0.4, 0.5) is 0 Å². The molecular formula is C16H31N3O2. The third-order valence-corrected chi connectivity index (χ3v) is 4.75. The minimum absolute atomic E-state index is 0.0454. The standard InChI is InChI=1S/C16H31N3O2/c1-4-7-15(10-11-15)12-18-14(20)16(8-5-2,9-6-3)13(17)19-21/h21H,4-12H2,1-3H3,(H2,17,19)(H,18,20). The van der Waals surface area contributed by atoms with Crippen molar-refractivity contribution < 1.29 is 10.0 Å². The maximum Gasteiger partial charge on any atom is 0.233 e. The van der Waals surface area contributed by atoms with Crippen LogP contribution in [0.25, 0.3) is 0 Å². The van der Waals surface area contributed by atoms with Crippen molar-refractivity contribution in [2.75, 3.05) is 6.54 Å². The number of oxime groups is 1. The molecule has 1 amide bonds. The lowest BCUT2D eigenvalue weighted by atomic mass is 9.77. The van der Waals surface area contributed by atoms with Crippen LogP contribution in [-0.4, -0.2) is 23.5 Å². The number of carbonyl (C=O) groups excluding carboxylic acids is 1. The first kappa shape index (κ1) is 17.8. The van der Waals surface area contributed by atoms with E-state index in [1.807, 2.05) is 13.8 Å². The van der Waals surface area contributed by atoms with Crippen LogP contribution in [-0.2, 0) is 4.79 Å². The quantitative estimate of drug-likeness (QED) is 0.251. The smallest absolute Gasteiger partial charge is 0.233 e. The highest BCUT2D eigenvalue weighted by molar-refractivity contribution is 6.06. The van der Waals surface area contributed by atoms with Gasteiger partial charge in [-0.3, -0.25) is 4.79 Å². The van der Waals surface area contributed by atoms with Crippen LogP contribution in [0.2, 0.25) is 0 Å². The summed E-state index contributed by atoms with van der Waals surface area (Å²) in [6, 6.07) is 0. The third kappa shape index (κ3) is 4.11. The highest BCUT2D eigenvalue weighted by Gasteiger charge is 2.45. The Kier molecular flexibility index (Phi) is 6.49. The molecular weight excluding hydrogens is 266 g/mol. The fraction of sp³-hybridized carbons (Fsp3) is 0.875. The third-order valence-electron chi connectivity index (χ3n) is 4.75. The second kappa shape index (κ2) is 7.66. The largest absolute Gasteiger partial charge is 0.409 e. The summed E-state index contributed by atoms with van der Waals surface area (Å²) in [5.74, 6) is -0.0343. The number of carbonyl (C=O) groups is 1. The zero-order valence-electron chi connectivity index (χ0n) is 13.7. The Morgan fingerprint density at radius 3 is 2.19 bits per heavy atom. The molecule has 1 aliphatic carbocycles. The minimum Gasteiger partial charge on any atom is -0.409 e. The maximum absolute atomic E-state index is 12.7. The number of hydrogen-bond acceptors (Lipinski definition) is 3. The first-order valence-corrected chi connectivity index (χ1v) is 8.26. The van der Waals surface area contributed by atoms with Crippen molar-refractivity contribution in [1.82, 2.24) is 5.32 Å². The molecule has 0 heterocycles. The molecule has 0 bridgehead atoms. The molecule has 0 radical (unpaired) electrons. The molecule has 1 rings (SSSR count). The van der Waals surface area contributed by atoms with Gasteiger partial charge in [-0.25, -0.2) is 0 Å². The molecule has 0 aliphatic heterocycles. The van der Waals surface area contributed by atoms with Crippen LogP contribution >= 0.6 is 0 Å². The zero-order valence-corrected chi connectivity index (χ0v) is 13.7. The van der Waals surface area contributed by atoms with Gasteiger partial charge in [0, 0.05) is 6.54 Å². The van der Waals surface area contributed by atoms with Crippen molar-refractivity contribution in [3.63, 3.8) is 0 Å². The summed E-state index contributed by atoms with van der Waals surface area (Å²) < 4.78 is 0. The van der Waals surface area contributed by atoms with Crippen molar-refractivity contribution >= 4 is 11.7 Å². The molecule has 0 spiro atoms. The van der Waals surface area contributed by atoms with E-state index in [1.165, 1.54) is 12.8 Å². The van der Waals surface area contributed by atoms with Crippen LogP contribution in [0.1, 0.15) is 72.1 Å². The number of hydrogen-bond donors (Lipinski definition) is 3. The molecule has 0 atom stereocenters. The molecule has 0 aromatic heterocycles. The van der Waals surface area contributed by atoms with Gasteiger partial charge >= 0.3 is 0 Å². The molecule has 1 saturated carbocycles. The summed E-state index contributed by atoms with van der Waals surface area (Å²) in [5, 5.41) is 15.3. The summed E-state index contributed by atoms with van der Waals surface area (Å²) in [7, 11) is 0. The van der Waals surface area contributed by atoms with E-state index in [-0.39, 0.29) is 11.7 Å². The lowest BCUT2D eigenvalue weighted by Crippen LogP contribution is -2.51. The van der Waals surface area contributed by atoms with E-state index in [2.05, 4.69) is 17.4 Å². The summed E-state index contributed by atoms with van der Waals surface area (Å²) in [5.41, 5.74) is 5.32. The molecule has 0 aromatic carbocycles. The summed E-state index contributed by atoms with van der Waals surface area (Å²) >= 11 is 0. The average Bonchev–Trinajstić information content (AvgIpc) is 3.24. The van der Waals surface area contributed by atoms with Gasteiger partial charge in [-0.15, -0.1) is 0 Å². The molecule has 21 heavy (non-hydrogen) atoms. The van der Waals surface area contributed by atoms with E-state index >= 15 is 0 Å². The van der Waals surface area contributed by atoms with Gasteiger partial charge < -0.3 is 16.3 Å². The van der Waals surface area contributed by atoms with Gasteiger partial charge in [0.1, 0.15) is 5.41 Å². The minimum atomic E-state index is -0.861. The Morgan fingerprint density at radius 1 is 1.24 bits per heavy atom. The number of nitrogens with zero attached hydrogens (tertiary/aromatic N) is 1. The van der Waals surface area contributed by atoms with Gasteiger partial charge in [0.2, 0.25) is 5.91 Å². The fourth-order valence-corrected chi connectivity index (χ4v) is 3.33. The van der Waals surface area contributed by atoms with Crippen LogP contribution in [0.3, 0.4) is 0 Å². The monoisotopic (exact) mass is 297 g/mol. The van der Waals surface area contributed by atoms with E-state index in [1.54, 1.807) is 0 Å². The van der Waals surface area contributed by atoms with E-state index < -0.39 is 5.41 Å². The van der Waals surface area contributed by atoms with Gasteiger partial charge in [0.15, 0.2) is 5.84 Å². The second-order valence-corrected chi connectivity index (χ2v) is 6.50. The Morgan fingerprint density at radius 2 is 1.81 bits per heavy atom. The molecule has 1 fully saturated rings. The number of nitrogens with one attached hydrogen (secondary N) is 1. The number of amides is 1. The van der Waals surface area contributed by atoms with Gasteiger partial charge in [-0.05, 0) is 37.5 Å². The maximum atomic E-state index is 12.7. The number of amidine groups is 1. The number of nitrogens with two attached hydrogens (primary N) is 1. The second-order valence-electron chi connectivity index (χ2n) is 6.50. The van der Waals surface area contributed by atoms with Gasteiger partial charge in [0.05, 0.1) is 0 Å². The molecule has 1 aliphatic rings. The molecule has 5 nitrogen and oxygen atoms in total. The molecule has 5 heteroatoms. The first-order valence-electron chi connectivity index (χ1n) is 8.26. The van der Waals surface area contributed by atoms with Crippen molar-refractivity contribution in [2.45, 2.75) is 72.1 Å². The van der Waals surface area contributed by atoms with Gasteiger partial charge in [0.25, 0.3) is 0 Å². The van der Waals surface area contributed by atoms with Crippen LogP contribution < -0.4 is 11.1 Å². The fourth-order valence-electron chi connectivity index (χ4n) is 3.33. The Bertz CT molecular complexity index is 370. The summed E-state index contributed by atoms with van der Waals surface area (Å²) in [4.78, 5) is 12.7. The Balaban J connectivity index is 2.79. The van der Waals surface area contributed by atoms with Gasteiger partial charge in [-0.2, -0.15) is 0 Å². The summed E-state index contributed by atoms with van der Waals surface area (Å²) in [6.45, 7) is 6.92. The van der Waals surface area contributed by atoms with Crippen LogP contribution in [0.5, 0.6) is 0 Å². The highest BCUT2D eigenvalue weighted by Crippen LogP contribution is 2.49. The van der Waals surface area contributed by atoms with Crippen LogP contribution in [0, 0.1) is 10.8 Å². The highest BCUT2D eigenvalue weighted by atomic mass is 16.4. The normalized spacial score (nSPS) is 17.6. The Labute approximate surface area is 128 Å². The van der Waals surface area contributed by atoms with Crippen molar-refractivity contribution in [3.8, 4) is 0 Å². The molecule has 0 unspecified atom stereocenters. The molecule has 0 aromatic rings. The predicted molar refractivity (Wildman–Crippen MR) is 85.2 cm³/mol. The van der Waals surface area contributed by atoms with E-state index in [9.17, 15) is 4.79 Å². The topological polar surface area (TPSA) is 87.7 Å². The molecule has 122 valence electrons.